The van der Waals surface area contributed by atoms with Gasteiger partial charge >= 0.3 is 0 Å². The standard InChI is InChI=1S/C17H17N3S/c1-20(2)16-11-7-6-8-13(16)12-21-17-18-14-9-4-3-5-10-15(14)19-17/h3-11H,12H2,1-2H3. The van der Waals surface area contributed by atoms with Crippen molar-refractivity contribution in [1.82, 2.24) is 9.97 Å². The molecule has 0 N–H and O–H groups in total. The molecule has 1 heterocycles. The molecule has 0 aromatic heterocycles. The van der Waals surface area contributed by atoms with Crippen molar-refractivity contribution in [3.05, 3.63) is 60.2 Å². The van der Waals surface area contributed by atoms with E-state index in [1.54, 1.807) is 11.8 Å². The number of hydrogen-bond donors (Lipinski definition) is 0. The Labute approximate surface area is 129 Å². The van der Waals surface area contributed by atoms with Crippen molar-refractivity contribution in [3.8, 4) is 11.4 Å². The van der Waals surface area contributed by atoms with Crippen molar-refractivity contribution in [1.29, 1.82) is 0 Å². The fourth-order valence-electron chi connectivity index (χ4n) is 2.22. The molecular formula is C17H17N3S. The van der Waals surface area contributed by atoms with Crippen molar-refractivity contribution >= 4 is 17.4 Å². The molecule has 4 heteroatoms. The van der Waals surface area contributed by atoms with Gasteiger partial charge in [0.05, 0.1) is 11.4 Å². The summed E-state index contributed by atoms with van der Waals surface area (Å²) in [7, 11) is 4.13. The Morgan fingerprint density at radius 2 is 1.48 bits per heavy atom. The van der Waals surface area contributed by atoms with E-state index < -0.39 is 0 Å². The van der Waals surface area contributed by atoms with Gasteiger partial charge in [-0.05, 0) is 23.8 Å². The Morgan fingerprint density at radius 3 is 2.14 bits per heavy atom. The molecule has 0 amide bonds. The largest absolute Gasteiger partial charge is 0.377 e. The highest BCUT2D eigenvalue weighted by molar-refractivity contribution is 7.98. The predicted octanol–water partition coefficient (Wildman–Crippen LogP) is 3.94. The van der Waals surface area contributed by atoms with E-state index in [2.05, 4.69) is 53.2 Å². The quantitative estimate of drug-likeness (QED) is 0.682. The number of hydrogen-bond acceptors (Lipinski definition) is 4. The number of imidazole rings is 1. The molecule has 0 saturated carbocycles. The number of para-hydroxylation sites is 1. The molecule has 106 valence electrons. The summed E-state index contributed by atoms with van der Waals surface area (Å²) in [4.78, 5) is 11.3. The van der Waals surface area contributed by atoms with Gasteiger partial charge in [0, 0.05) is 25.5 Å². The van der Waals surface area contributed by atoms with E-state index in [1.807, 2.05) is 30.3 Å². The number of benzene rings is 1. The van der Waals surface area contributed by atoms with Gasteiger partial charge in [0.1, 0.15) is 0 Å². The molecule has 1 aromatic carbocycles. The van der Waals surface area contributed by atoms with Crippen molar-refractivity contribution in [2.24, 2.45) is 0 Å². The van der Waals surface area contributed by atoms with Crippen LogP contribution in [0.4, 0.5) is 5.69 Å². The van der Waals surface area contributed by atoms with E-state index in [0.717, 1.165) is 22.3 Å². The lowest BCUT2D eigenvalue weighted by Gasteiger charge is -2.16. The number of thioether (sulfide) groups is 1. The van der Waals surface area contributed by atoms with Crippen molar-refractivity contribution in [3.63, 3.8) is 0 Å². The Balaban J connectivity index is 1.80. The Bertz CT molecular complexity index is 681. The van der Waals surface area contributed by atoms with Gasteiger partial charge in [0.15, 0.2) is 5.16 Å². The highest BCUT2D eigenvalue weighted by Crippen LogP contribution is 2.29. The fraction of sp³-hybridized carbons (Fsp3) is 0.176. The van der Waals surface area contributed by atoms with Crippen LogP contribution in [0.3, 0.4) is 0 Å². The lowest BCUT2D eigenvalue weighted by Crippen LogP contribution is -2.10. The first-order chi connectivity index (χ1) is 10.2. The monoisotopic (exact) mass is 295 g/mol. The highest BCUT2D eigenvalue weighted by atomic mass is 32.2. The van der Waals surface area contributed by atoms with Crippen LogP contribution in [0.1, 0.15) is 5.56 Å². The summed E-state index contributed by atoms with van der Waals surface area (Å²) in [5.74, 6) is 0.872. The van der Waals surface area contributed by atoms with Gasteiger partial charge in [-0.2, -0.15) is 0 Å². The number of aromatic nitrogens is 2. The molecule has 0 saturated heterocycles. The van der Waals surface area contributed by atoms with E-state index in [9.17, 15) is 0 Å². The molecule has 0 spiro atoms. The first kappa shape index (κ1) is 13.9. The minimum atomic E-state index is 0.838. The molecule has 1 aliphatic heterocycles. The molecule has 1 aliphatic carbocycles. The summed E-state index contributed by atoms with van der Waals surface area (Å²) >= 11 is 1.68. The lowest BCUT2D eigenvalue weighted by molar-refractivity contribution is 1.07. The topological polar surface area (TPSA) is 29.0 Å². The summed E-state index contributed by atoms with van der Waals surface area (Å²) in [5.41, 5.74) is 4.44. The van der Waals surface area contributed by atoms with Gasteiger partial charge in [-0.3, -0.25) is 0 Å². The Hall–Kier alpha value is -2.07. The number of fused-ring (bicyclic) bond motifs is 1. The van der Waals surface area contributed by atoms with Crippen molar-refractivity contribution in [2.75, 3.05) is 19.0 Å². The van der Waals surface area contributed by atoms with Crippen LogP contribution >= 0.6 is 11.8 Å². The van der Waals surface area contributed by atoms with Crippen LogP contribution < -0.4 is 4.90 Å². The normalized spacial score (nSPS) is 10.8. The van der Waals surface area contributed by atoms with Crippen molar-refractivity contribution < 1.29 is 0 Å². The summed E-state index contributed by atoms with van der Waals surface area (Å²) < 4.78 is 0. The second kappa shape index (κ2) is 6.14. The lowest BCUT2D eigenvalue weighted by atomic mass is 10.2. The second-order valence-electron chi connectivity index (χ2n) is 5.00. The van der Waals surface area contributed by atoms with Crippen LogP contribution in [-0.2, 0) is 5.75 Å². The molecule has 0 unspecified atom stereocenters. The zero-order valence-electron chi connectivity index (χ0n) is 12.2. The van der Waals surface area contributed by atoms with Gasteiger partial charge in [0.2, 0.25) is 0 Å². The third-order valence-electron chi connectivity index (χ3n) is 3.26. The summed E-state index contributed by atoms with van der Waals surface area (Å²) in [5, 5.41) is 0.838. The second-order valence-corrected chi connectivity index (χ2v) is 5.94. The molecule has 21 heavy (non-hydrogen) atoms. The van der Waals surface area contributed by atoms with Gasteiger partial charge in [-0.25, -0.2) is 9.97 Å². The maximum atomic E-state index is 4.58. The van der Waals surface area contributed by atoms with Gasteiger partial charge in [0.25, 0.3) is 0 Å². The molecule has 3 rings (SSSR count). The third kappa shape index (κ3) is 3.16. The highest BCUT2D eigenvalue weighted by Gasteiger charge is 2.10. The first-order valence-corrected chi connectivity index (χ1v) is 7.83. The Morgan fingerprint density at radius 1 is 0.857 bits per heavy atom. The maximum Gasteiger partial charge on any atom is 0.189 e. The third-order valence-corrected chi connectivity index (χ3v) is 4.15. The molecule has 2 aliphatic rings. The van der Waals surface area contributed by atoms with Crippen LogP contribution in [0.15, 0.2) is 59.8 Å². The van der Waals surface area contributed by atoms with Crippen LogP contribution in [-0.4, -0.2) is 24.1 Å². The van der Waals surface area contributed by atoms with E-state index >= 15 is 0 Å². The summed E-state index contributed by atoms with van der Waals surface area (Å²) in [6, 6.07) is 18.4. The average Bonchev–Trinajstić information content (AvgIpc) is 2.75. The molecule has 0 fully saturated rings. The van der Waals surface area contributed by atoms with Crippen LogP contribution in [0.25, 0.3) is 11.4 Å². The molecule has 3 nitrogen and oxygen atoms in total. The van der Waals surface area contributed by atoms with Crippen molar-refractivity contribution in [2.45, 2.75) is 10.9 Å². The molecular weight excluding hydrogens is 278 g/mol. The maximum absolute atomic E-state index is 4.58. The summed E-state index contributed by atoms with van der Waals surface area (Å²) in [6.07, 6.45) is 0. The van der Waals surface area contributed by atoms with Gasteiger partial charge < -0.3 is 4.90 Å². The van der Waals surface area contributed by atoms with Gasteiger partial charge in [-0.1, -0.05) is 48.2 Å². The summed E-state index contributed by atoms with van der Waals surface area (Å²) in [6.45, 7) is 0. The minimum Gasteiger partial charge on any atom is -0.377 e. The van der Waals surface area contributed by atoms with E-state index in [1.165, 1.54) is 11.3 Å². The number of anilines is 1. The van der Waals surface area contributed by atoms with E-state index in [0.29, 0.717) is 0 Å². The van der Waals surface area contributed by atoms with Gasteiger partial charge in [-0.15, -0.1) is 0 Å². The minimum absolute atomic E-state index is 0.838. The first-order valence-electron chi connectivity index (χ1n) is 6.85. The Kier molecular flexibility index (Phi) is 4.06. The predicted molar refractivity (Wildman–Crippen MR) is 89.0 cm³/mol. The van der Waals surface area contributed by atoms with E-state index in [-0.39, 0.29) is 0 Å². The van der Waals surface area contributed by atoms with Crippen LogP contribution in [0.5, 0.6) is 0 Å². The zero-order valence-corrected chi connectivity index (χ0v) is 13.0. The molecule has 0 radical (unpaired) electrons. The fourth-order valence-corrected chi connectivity index (χ4v) is 3.08. The molecule has 0 atom stereocenters. The van der Waals surface area contributed by atoms with Crippen LogP contribution in [0, 0.1) is 0 Å². The molecule has 1 aromatic rings. The van der Waals surface area contributed by atoms with E-state index in [4.69, 9.17) is 0 Å². The SMILES string of the molecule is CN(C)c1ccccc1CSc1nc2cccccc-2n1. The number of rotatable bonds is 4. The smallest absolute Gasteiger partial charge is 0.189 e. The molecule has 0 bridgehead atoms. The average molecular weight is 295 g/mol. The number of nitrogens with zero attached hydrogens (tertiary/aromatic N) is 3. The van der Waals surface area contributed by atoms with Crippen LogP contribution in [0.2, 0.25) is 0 Å². The zero-order chi connectivity index (χ0) is 14.7.